The number of hydrogen-bond donors (Lipinski definition) is 2. The molecule has 1 aliphatic rings. The molecule has 0 radical (unpaired) electrons. The molecule has 3 aromatic rings. The molecule has 0 saturated carbocycles. The van der Waals surface area contributed by atoms with Gasteiger partial charge in [-0.1, -0.05) is 12.1 Å². The Balaban J connectivity index is 1.35. The van der Waals surface area contributed by atoms with Crippen LogP contribution in [-0.2, 0) is 21.4 Å². The van der Waals surface area contributed by atoms with Crippen molar-refractivity contribution in [2.24, 2.45) is 0 Å². The van der Waals surface area contributed by atoms with E-state index in [1.165, 1.54) is 24.5 Å². The van der Waals surface area contributed by atoms with Crippen LogP contribution in [-0.4, -0.2) is 21.1 Å². The van der Waals surface area contributed by atoms with Gasteiger partial charge in [-0.15, -0.1) is 0 Å². The number of ether oxygens (including phenoxy) is 2. The lowest BCUT2D eigenvalue weighted by Crippen LogP contribution is -2.22. The number of hydrogen-bond acceptors (Lipinski definition) is 6. The van der Waals surface area contributed by atoms with Crippen LogP contribution in [0.1, 0.15) is 11.3 Å². The van der Waals surface area contributed by atoms with Gasteiger partial charge in [0.1, 0.15) is 5.76 Å². The lowest BCUT2D eigenvalue weighted by Gasteiger charge is -2.06. The molecule has 30 heavy (non-hydrogen) atoms. The molecule has 2 aromatic carbocycles. The highest BCUT2D eigenvalue weighted by Gasteiger charge is 2.15. The van der Waals surface area contributed by atoms with Crippen molar-refractivity contribution >= 4 is 27.7 Å². The Morgan fingerprint density at radius 2 is 1.83 bits per heavy atom. The molecule has 9 heteroatoms. The molecule has 8 nitrogen and oxygen atoms in total. The number of fused-ring (bicyclic) bond motifs is 1. The topological polar surface area (TPSA) is 107 Å². The summed E-state index contributed by atoms with van der Waals surface area (Å²) in [6.07, 6.45) is 4.44. The third-order valence-corrected chi connectivity index (χ3v) is 5.69. The number of benzene rings is 2. The van der Waals surface area contributed by atoms with Crippen LogP contribution in [0.5, 0.6) is 11.5 Å². The third-order valence-electron chi connectivity index (χ3n) is 4.27. The summed E-state index contributed by atoms with van der Waals surface area (Å²) in [5.41, 5.74) is 1.26. The van der Waals surface area contributed by atoms with Gasteiger partial charge in [0.25, 0.3) is 0 Å². The molecule has 0 fully saturated rings. The molecule has 1 amide bonds. The maximum absolute atomic E-state index is 12.3. The Bertz CT molecular complexity index is 1170. The second-order valence-corrected chi connectivity index (χ2v) is 8.13. The fourth-order valence-corrected chi connectivity index (χ4v) is 3.74. The van der Waals surface area contributed by atoms with E-state index >= 15 is 0 Å². The van der Waals surface area contributed by atoms with Crippen LogP contribution in [0, 0.1) is 0 Å². The van der Waals surface area contributed by atoms with E-state index in [0.29, 0.717) is 28.5 Å². The number of furan rings is 1. The summed E-state index contributed by atoms with van der Waals surface area (Å²) in [5.74, 6) is 1.41. The number of carbonyl (C=O) groups excluding carboxylic acids is 1. The SMILES string of the molecule is O=C(/C=C/c1ccc(S(=O)(=O)NCc2ccco2)cc1)Nc1ccc2c(c1)OCO2. The first kappa shape index (κ1) is 19.7. The van der Waals surface area contributed by atoms with Crippen LogP contribution in [0.4, 0.5) is 5.69 Å². The van der Waals surface area contributed by atoms with Crippen molar-refractivity contribution in [3.63, 3.8) is 0 Å². The zero-order valence-electron chi connectivity index (χ0n) is 15.7. The number of rotatable bonds is 7. The molecule has 0 aliphatic carbocycles. The Labute approximate surface area is 173 Å². The molecule has 0 atom stereocenters. The van der Waals surface area contributed by atoms with Gasteiger partial charge in [0.05, 0.1) is 17.7 Å². The van der Waals surface area contributed by atoms with Gasteiger partial charge >= 0.3 is 0 Å². The van der Waals surface area contributed by atoms with Gasteiger partial charge in [-0.05, 0) is 48.0 Å². The monoisotopic (exact) mass is 426 g/mol. The lowest BCUT2D eigenvalue weighted by atomic mass is 10.2. The molecule has 1 aromatic heterocycles. The van der Waals surface area contributed by atoms with Gasteiger partial charge in [-0.3, -0.25) is 4.79 Å². The van der Waals surface area contributed by atoms with E-state index in [1.54, 1.807) is 48.5 Å². The summed E-state index contributed by atoms with van der Waals surface area (Å²) in [6, 6.07) is 14.7. The predicted molar refractivity (Wildman–Crippen MR) is 109 cm³/mol. The van der Waals surface area contributed by atoms with E-state index in [1.807, 2.05) is 0 Å². The van der Waals surface area contributed by atoms with Crippen LogP contribution in [0.3, 0.4) is 0 Å². The third kappa shape index (κ3) is 4.70. The number of amides is 1. The largest absolute Gasteiger partial charge is 0.468 e. The van der Waals surface area contributed by atoms with Crippen molar-refractivity contribution in [2.75, 3.05) is 12.1 Å². The van der Waals surface area contributed by atoms with Gasteiger partial charge in [0.2, 0.25) is 22.7 Å². The first-order valence-corrected chi connectivity index (χ1v) is 10.5. The van der Waals surface area contributed by atoms with Crippen molar-refractivity contribution in [3.05, 3.63) is 78.3 Å². The van der Waals surface area contributed by atoms with Crippen LogP contribution in [0.2, 0.25) is 0 Å². The number of carbonyl (C=O) groups is 1. The summed E-state index contributed by atoms with van der Waals surface area (Å²) in [5, 5.41) is 2.73. The summed E-state index contributed by atoms with van der Waals surface area (Å²) < 4.78 is 42.8. The zero-order chi connectivity index (χ0) is 21.0. The molecule has 154 valence electrons. The Kier molecular flexibility index (Phi) is 5.55. The van der Waals surface area contributed by atoms with E-state index in [2.05, 4.69) is 10.0 Å². The first-order chi connectivity index (χ1) is 14.5. The highest BCUT2D eigenvalue weighted by atomic mass is 32.2. The molecule has 4 rings (SSSR count). The summed E-state index contributed by atoms with van der Waals surface area (Å²) in [7, 11) is -3.67. The minimum atomic E-state index is -3.67. The van der Waals surface area contributed by atoms with Crippen molar-refractivity contribution in [3.8, 4) is 11.5 Å². The Morgan fingerprint density at radius 3 is 2.60 bits per heavy atom. The molecule has 0 unspecified atom stereocenters. The predicted octanol–water partition coefficient (Wildman–Crippen LogP) is 3.14. The van der Waals surface area contributed by atoms with Crippen molar-refractivity contribution in [2.45, 2.75) is 11.4 Å². The first-order valence-electron chi connectivity index (χ1n) is 9.00. The molecule has 2 N–H and O–H groups in total. The van der Waals surface area contributed by atoms with E-state index in [-0.39, 0.29) is 24.1 Å². The molecule has 2 heterocycles. The number of nitrogens with one attached hydrogen (secondary N) is 2. The fraction of sp³-hybridized carbons (Fsp3) is 0.0952. The van der Waals surface area contributed by atoms with E-state index in [9.17, 15) is 13.2 Å². The van der Waals surface area contributed by atoms with Crippen molar-refractivity contribution in [1.29, 1.82) is 0 Å². The summed E-state index contributed by atoms with van der Waals surface area (Å²) in [6.45, 7) is 0.230. The van der Waals surface area contributed by atoms with Crippen LogP contribution in [0.15, 0.2) is 76.2 Å². The van der Waals surface area contributed by atoms with Crippen LogP contribution < -0.4 is 19.5 Å². The van der Waals surface area contributed by atoms with Gasteiger partial charge in [-0.2, -0.15) is 0 Å². The Morgan fingerprint density at radius 1 is 1.03 bits per heavy atom. The standard InChI is InChI=1S/C21H18N2O6S/c24-21(23-16-6-9-19-20(12-16)29-14-28-19)10-5-15-3-7-18(8-4-15)30(25,26)22-13-17-2-1-11-27-17/h1-12,22H,13-14H2,(H,23,24)/b10-5+. The number of sulfonamides is 1. The summed E-state index contributed by atoms with van der Waals surface area (Å²) >= 11 is 0. The molecular formula is C21H18N2O6S. The second kappa shape index (κ2) is 8.44. The smallest absolute Gasteiger partial charge is 0.248 e. The van der Waals surface area contributed by atoms with Crippen molar-refractivity contribution < 1.29 is 27.1 Å². The molecule has 0 spiro atoms. The highest BCUT2D eigenvalue weighted by Crippen LogP contribution is 2.34. The minimum Gasteiger partial charge on any atom is -0.468 e. The second-order valence-electron chi connectivity index (χ2n) is 6.36. The average molecular weight is 426 g/mol. The maximum Gasteiger partial charge on any atom is 0.248 e. The molecule has 0 bridgehead atoms. The van der Waals surface area contributed by atoms with Gasteiger partial charge in [-0.25, -0.2) is 13.1 Å². The zero-order valence-corrected chi connectivity index (χ0v) is 16.5. The molecule has 0 saturated heterocycles. The molecule has 1 aliphatic heterocycles. The van der Waals surface area contributed by atoms with E-state index in [4.69, 9.17) is 13.9 Å². The van der Waals surface area contributed by atoms with Gasteiger partial charge < -0.3 is 19.2 Å². The van der Waals surface area contributed by atoms with Gasteiger partial charge in [0, 0.05) is 17.8 Å². The summed E-state index contributed by atoms with van der Waals surface area (Å²) in [4.78, 5) is 12.2. The number of anilines is 1. The van der Waals surface area contributed by atoms with E-state index in [0.717, 1.165) is 0 Å². The average Bonchev–Trinajstić information content (AvgIpc) is 3.42. The maximum atomic E-state index is 12.3. The minimum absolute atomic E-state index is 0.0665. The highest BCUT2D eigenvalue weighted by molar-refractivity contribution is 7.89. The van der Waals surface area contributed by atoms with E-state index < -0.39 is 10.0 Å². The molecular weight excluding hydrogens is 408 g/mol. The van der Waals surface area contributed by atoms with Crippen molar-refractivity contribution in [1.82, 2.24) is 4.72 Å². The Hall–Kier alpha value is -3.56. The van der Waals surface area contributed by atoms with Gasteiger partial charge in [0.15, 0.2) is 11.5 Å². The fourth-order valence-electron chi connectivity index (χ4n) is 2.75. The van der Waals surface area contributed by atoms with Crippen LogP contribution in [0.25, 0.3) is 6.08 Å². The quantitative estimate of drug-likeness (QED) is 0.562. The van der Waals surface area contributed by atoms with Crippen LogP contribution >= 0.6 is 0 Å². The lowest BCUT2D eigenvalue weighted by molar-refractivity contribution is -0.111. The normalized spacial score (nSPS) is 12.9.